The Labute approximate surface area is 183 Å². The van der Waals surface area contributed by atoms with E-state index in [0.717, 1.165) is 50.0 Å². The number of hydrogen-bond donors (Lipinski definition) is 1. The lowest BCUT2D eigenvalue weighted by molar-refractivity contribution is 0.0913. The van der Waals surface area contributed by atoms with Crippen molar-refractivity contribution in [1.29, 1.82) is 0 Å². The third-order valence-electron chi connectivity index (χ3n) is 7.60. The Balaban J connectivity index is 1.50. The maximum atomic E-state index is 13.3. The number of carbonyl (C=O) groups is 1. The van der Waals surface area contributed by atoms with E-state index >= 15 is 0 Å². The van der Waals surface area contributed by atoms with Gasteiger partial charge in [0.1, 0.15) is 19.4 Å². The van der Waals surface area contributed by atoms with Crippen LogP contribution in [-0.2, 0) is 0 Å². The molecule has 0 unspecified atom stereocenters. The summed E-state index contributed by atoms with van der Waals surface area (Å²) in [6.45, 7) is 0. The minimum absolute atomic E-state index is 0.102. The van der Waals surface area contributed by atoms with Gasteiger partial charge >= 0.3 is 0 Å². The summed E-state index contributed by atoms with van der Waals surface area (Å²) in [7, 11) is 6.76. The topological polar surface area (TPSA) is 54.9 Å². The second kappa shape index (κ2) is 10.3. The van der Waals surface area contributed by atoms with Gasteiger partial charge in [-0.05, 0) is 44.6 Å². The third-order valence-corrected chi connectivity index (χ3v) is 7.60. The van der Waals surface area contributed by atoms with Crippen LogP contribution >= 0.6 is 0 Å². The molecule has 30 heavy (non-hydrogen) atoms. The zero-order valence-electron chi connectivity index (χ0n) is 18.6. The van der Waals surface area contributed by atoms with Crippen LogP contribution in [0.4, 0.5) is 0 Å². The summed E-state index contributed by atoms with van der Waals surface area (Å²) >= 11 is 0. The minimum Gasteiger partial charge on any atom is -0.354 e. The predicted octanol–water partition coefficient (Wildman–Crippen LogP) is 5.91. The van der Waals surface area contributed by atoms with Crippen molar-refractivity contribution in [3.63, 3.8) is 0 Å². The highest BCUT2D eigenvalue weighted by atomic mass is 16.2. The Morgan fingerprint density at radius 3 is 1.93 bits per heavy atom. The van der Waals surface area contributed by atoms with E-state index in [9.17, 15) is 4.79 Å². The molecule has 1 aromatic heterocycles. The second-order valence-corrected chi connectivity index (χ2v) is 10.1. The number of amides is 1. The first kappa shape index (κ1) is 21.8. The number of aromatic nitrogens is 2. The summed E-state index contributed by atoms with van der Waals surface area (Å²) in [6.07, 6.45) is 19.9. The Bertz CT molecular complexity index is 700. The highest BCUT2D eigenvalue weighted by Crippen LogP contribution is 2.38. The number of nitrogens with zero attached hydrogens (tertiary/aromatic N) is 2. The molecule has 2 radical (unpaired) electrons. The summed E-state index contributed by atoms with van der Waals surface area (Å²) in [5.74, 6) is 1.72. The van der Waals surface area contributed by atoms with Crippen molar-refractivity contribution < 1.29 is 4.79 Å². The lowest BCUT2D eigenvalue weighted by atomic mass is 9.70. The highest BCUT2D eigenvalue weighted by Gasteiger charge is 2.30. The number of nitrogens with one attached hydrogen (secondary N) is 1. The van der Waals surface area contributed by atoms with Crippen LogP contribution in [0, 0.1) is 0 Å². The second-order valence-electron chi connectivity index (χ2n) is 10.1. The molecule has 0 spiro atoms. The van der Waals surface area contributed by atoms with E-state index in [1.165, 1.54) is 70.6 Å². The minimum atomic E-state index is -0.615. The van der Waals surface area contributed by atoms with Gasteiger partial charge in [-0.1, -0.05) is 70.6 Å². The summed E-state index contributed by atoms with van der Waals surface area (Å²) in [6, 6.07) is 1.95. The monoisotopic (exact) mass is 407 g/mol. The molecule has 0 saturated heterocycles. The van der Waals surface area contributed by atoms with Crippen LogP contribution in [0.25, 0.3) is 0 Å². The first-order valence-corrected chi connectivity index (χ1v) is 12.6. The van der Waals surface area contributed by atoms with Gasteiger partial charge in [-0.15, -0.1) is 0 Å². The van der Waals surface area contributed by atoms with E-state index < -0.39 is 5.44 Å². The van der Waals surface area contributed by atoms with E-state index in [2.05, 4.69) is 5.32 Å². The van der Waals surface area contributed by atoms with Gasteiger partial charge in [0.15, 0.2) is 0 Å². The van der Waals surface area contributed by atoms with Gasteiger partial charge in [0.2, 0.25) is 0 Å². The molecule has 3 saturated carbocycles. The fraction of sp³-hybridized carbons (Fsp3) is 0.800. The zero-order valence-corrected chi connectivity index (χ0v) is 18.6. The molecule has 4 nitrogen and oxygen atoms in total. The van der Waals surface area contributed by atoms with Gasteiger partial charge in [-0.2, -0.15) is 0 Å². The molecule has 162 valence electrons. The van der Waals surface area contributed by atoms with Crippen LogP contribution in [-0.4, -0.2) is 29.2 Å². The average Bonchev–Trinajstić information content (AvgIpc) is 3.21. The van der Waals surface area contributed by atoms with Crippen molar-refractivity contribution >= 4 is 13.8 Å². The van der Waals surface area contributed by atoms with E-state index in [1.807, 2.05) is 6.07 Å². The first-order valence-electron chi connectivity index (χ1n) is 12.6. The third kappa shape index (κ3) is 5.65. The number of hydrogen-bond acceptors (Lipinski definition) is 3. The van der Waals surface area contributed by atoms with Crippen LogP contribution in [0.5, 0.6) is 0 Å². The lowest BCUT2D eigenvalue weighted by Crippen LogP contribution is -2.49. The summed E-state index contributed by atoms with van der Waals surface area (Å²) < 4.78 is 0. The molecule has 5 heteroatoms. The molecule has 0 aliphatic heterocycles. The van der Waals surface area contributed by atoms with Crippen molar-refractivity contribution in [2.75, 3.05) is 0 Å². The van der Waals surface area contributed by atoms with Crippen molar-refractivity contribution in [3.8, 4) is 0 Å². The molecule has 0 atom stereocenters. The van der Waals surface area contributed by atoms with Gasteiger partial charge in [0.05, 0.1) is 0 Å². The molecule has 1 heterocycles. The Kier molecular flexibility index (Phi) is 7.48. The molecule has 1 aromatic rings. The van der Waals surface area contributed by atoms with Gasteiger partial charge in [-0.25, -0.2) is 9.97 Å². The Morgan fingerprint density at radius 1 is 0.800 bits per heavy atom. The van der Waals surface area contributed by atoms with E-state index in [4.69, 9.17) is 17.8 Å². The van der Waals surface area contributed by atoms with Crippen LogP contribution in [0.2, 0.25) is 0 Å². The van der Waals surface area contributed by atoms with Gasteiger partial charge < -0.3 is 5.32 Å². The van der Waals surface area contributed by atoms with Crippen LogP contribution in [0.1, 0.15) is 143 Å². The standard InChI is InChI=1S/C25H38BN3O/c26-25(16-9-5-3-1-2-4-6-10-17-25)29-24(30)22-18-21(19-14-11-15-19)27-23(28-22)20-12-7-8-13-20/h18-20H,1-17H2,(H,29,30). The van der Waals surface area contributed by atoms with Crippen LogP contribution < -0.4 is 5.32 Å². The molecule has 3 aliphatic carbocycles. The maximum Gasteiger partial charge on any atom is 0.269 e. The van der Waals surface area contributed by atoms with Crippen molar-refractivity contribution in [1.82, 2.24) is 15.3 Å². The normalized spacial score (nSPS) is 24.0. The quantitative estimate of drug-likeness (QED) is 0.631. The molecule has 0 bridgehead atoms. The van der Waals surface area contributed by atoms with Crippen LogP contribution in [0.15, 0.2) is 6.07 Å². The maximum absolute atomic E-state index is 13.3. The largest absolute Gasteiger partial charge is 0.354 e. The molecule has 3 fully saturated rings. The summed E-state index contributed by atoms with van der Waals surface area (Å²) in [4.78, 5) is 23.0. The fourth-order valence-electron chi connectivity index (χ4n) is 5.36. The molecule has 0 aromatic carbocycles. The average molecular weight is 407 g/mol. The molecule has 1 amide bonds. The molecule has 1 N–H and O–H groups in total. The first-order chi connectivity index (χ1) is 14.6. The van der Waals surface area contributed by atoms with Crippen molar-refractivity contribution in [3.05, 3.63) is 23.3 Å². The summed E-state index contributed by atoms with van der Waals surface area (Å²) in [5.41, 5.74) is 1.00. The van der Waals surface area contributed by atoms with E-state index in [0.29, 0.717) is 17.5 Å². The highest BCUT2D eigenvalue weighted by molar-refractivity contribution is 6.17. The molecule has 4 rings (SSSR count). The van der Waals surface area contributed by atoms with E-state index in [-0.39, 0.29) is 5.91 Å². The van der Waals surface area contributed by atoms with Crippen molar-refractivity contribution in [2.45, 2.75) is 126 Å². The van der Waals surface area contributed by atoms with Gasteiger partial charge in [-0.3, -0.25) is 4.79 Å². The van der Waals surface area contributed by atoms with Gasteiger partial charge in [0.25, 0.3) is 5.91 Å². The fourth-order valence-corrected chi connectivity index (χ4v) is 5.36. The predicted molar refractivity (Wildman–Crippen MR) is 122 cm³/mol. The number of carbonyl (C=O) groups excluding carboxylic acids is 1. The lowest BCUT2D eigenvalue weighted by Gasteiger charge is -2.32. The molecular weight excluding hydrogens is 369 g/mol. The van der Waals surface area contributed by atoms with E-state index in [1.54, 1.807) is 0 Å². The Morgan fingerprint density at radius 2 is 1.37 bits per heavy atom. The van der Waals surface area contributed by atoms with Gasteiger partial charge in [0, 0.05) is 23.0 Å². The number of rotatable bonds is 4. The smallest absolute Gasteiger partial charge is 0.269 e. The SMILES string of the molecule is [B]C1(NC(=O)c2cc(C3CCC3)nc(C3CCCC3)n2)CCCCCCCCCC1. The zero-order chi connectivity index (χ0) is 20.8. The van der Waals surface area contributed by atoms with Crippen LogP contribution in [0.3, 0.4) is 0 Å². The Hall–Kier alpha value is -1.39. The molecule has 3 aliphatic rings. The molecular formula is C25H38BN3O. The van der Waals surface area contributed by atoms with Crippen molar-refractivity contribution in [2.24, 2.45) is 0 Å². The summed E-state index contributed by atoms with van der Waals surface area (Å²) in [5, 5.41) is 3.22.